The SMILES string of the molecule is CNC(C)C(C)N1CCC(C)CC1C. The lowest BCUT2D eigenvalue weighted by Gasteiger charge is -2.42. The predicted octanol–water partition coefficient (Wildman–Crippen LogP) is 2.10. The van der Waals surface area contributed by atoms with E-state index in [-0.39, 0.29) is 0 Å². The summed E-state index contributed by atoms with van der Waals surface area (Å²) < 4.78 is 0. The molecule has 2 heteroatoms. The van der Waals surface area contributed by atoms with Crippen molar-refractivity contribution in [3.63, 3.8) is 0 Å². The molecule has 0 aromatic heterocycles. The number of nitrogens with zero attached hydrogens (tertiary/aromatic N) is 1. The molecule has 1 fully saturated rings. The van der Waals surface area contributed by atoms with Gasteiger partial charge in [0, 0.05) is 18.1 Å². The Bertz CT molecular complexity index is 170. The van der Waals surface area contributed by atoms with Gasteiger partial charge < -0.3 is 5.32 Å². The van der Waals surface area contributed by atoms with Gasteiger partial charge in [0.05, 0.1) is 0 Å². The second kappa shape index (κ2) is 5.13. The molecule has 0 aliphatic carbocycles. The highest BCUT2D eigenvalue weighted by Gasteiger charge is 2.28. The van der Waals surface area contributed by atoms with E-state index >= 15 is 0 Å². The largest absolute Gasteiger partial charge is 0.316 e. The first-order valence-electron chi connectivity index (χ1n) is 5.99. The summed E-state index contributed by atoms with van der Waals surface area (Å²) in [6.45, 7) is 10.6. The first kappa shape index (κ1) is 12.0. The molecule has 1 saturated heterocycles. The third-order valence-electron chi connectivity index (χ3n) is 3.89. The molecule has 0 saturated carbocycles. The predicted molar refractivity (Wildman–Crippen MR) is 62.5 cm³/mol. The summed E-state index contributed by atoms with van der Waals surface area (Å²) in [5.41, 5.74) is 0. The van der Waals surface area contributed by atoms with Crippen LogP contribution in [-0.2, 0) is 0 Å². The molecule has 84 valence electrons. The lowest BCUT2D eigenvalue weighted by atomic mass is 9.91. The van der Waals surface area contributed by atoms with Crippen molar-refractivity contribution in [1.82, 2.24) is 10.2 Å². The molecule has 1 rings (SSSR count). The molecule has 1 aliphatic rings. The third kappa shape index (κ3) is 2.71. The molecule has 1 heterocycles. The number of piperidine rings is 1. The zero-order chi connectivity index (χ0) is 10.7. The minimum Gasteiger partial charge on any atom is -0.316 e. The lowest BCUT2D eigenvalue weighted by Crippen LogP contribution is -2.52. The molecule has 1 aliphatic heterocycles. The van der Waals surface area contributed by atoms with Crippen LogP contribution in [0.3, 0.4) is 0 Å². The number of rotatable bonds is 3. The zero-order valence-electron chi connectivity index (χ0n) is 10.4. The zero-order valence-corrected chi connectivity index (χ0v) is 10.4. The lowest BCUT2D eigenvalue weighted by molar-refractivity contribution is 0.0748. The number of likely N-dealkylation sites (tertiary alicyclic amines) is 1. The quantitative estimate of drug-likeness (QED) is 0.747. The van der Waals surface area contributed by atoms with Crippen molar-refractivity contribution in [3.05, 3.63) is 0 Å². The van der Waals surface area contributed by atoms with Crippen LogP contribution in [0, 0.1) is 5.92 Å². The van der Waals surface area contributed by atoms with Crippen LogP contribution in [0.5, 0.6) is 0 Å². The Balaban J connectivity index is 2.51. The molecule has 0 amide bonds. The van der Waals surface area contributed by atoms with Gasteiger partial charge in [-0.2, -0.15) is 0 Å². The molecule has 4 atom stereocenters. The fraction of sp³-hybridized carbons (Fsp3) is 1.00. The molecule has 1 N–H and O–H groups in total. The summed E-state index contributed by atoms with van der Waals surface area (Å²) in [7, 11) is 2.05. The maximum atomic E-state index is 3.35. The summed E-state index contributed by atoms with van der Waals surface area (Å²) in [4.78, 5) is 2.65. The third-order valence-corrected chi connectivity index (χ3v) is 3.89. The second-order valence-corrected chi connectivity index (χ2v) is 5.03. The molecule has 14 heavy (non-hydrogen) atoms. The Morgan fingerprint density at radius 3 is 2.43 bits per heavy atom. The van der Waals surface area contributed by atoms with E-state index in [0.29, 0.717) is 12.1 Å². The van der Waals surface area contributed by atoms with E-state index in [1.54, 1.807) is 0 Å². The van der Waals surface area contributed by atoms with Gasteiger partial charge in [-0.05, 0) is 53.1 Å². The van der Waals surface area contributed by atoms with Crippen LogP contribution in [0.1, 0.15) is 40.5 Å². The molecular formula is C12H26N2. The fourth-order valence-electron chi connectivity index (χ4n) is 2.56. The first-order chi connectivity index (χ1) is 6.56. The minimum atomic E-state index is 0.589. The van der Waals surface area contributed by atoms with Crippen molar-refractivity contribution in [1.29, 1.82) is 0 Å². The van der Waals surface area contributed by atoms with E-state index in [9.17, 15) is 0 Å². The van der Waals surface area contributed by atoms with Crippen LogP contribution in [0.25, 0.3) is 0 Å². The molecule has 4 unspecified atom stereocenters. The Kier molecular flexibility index (Phi) is 4.39. The first-order valence-corrected chi connectivity index (χ1v) is 5.99. The van der Waals surface area contributed by atoms with Gasteiger partial charge in [-0.25, -0.2) is 0 Å². The summed E-state index contributed by atoms with van der Waals surface area (Å²) in [6, 6.07) is 2.00. The molecule has 0 aromatic rings. The summed E-state index contributed by atoms with van der Waals surface area (Å²) in [5, 5.41) is 3.35. The molecule has 2 nitrogen and oxygen atoms in total. The summed E-state index contributed by atoms with van der Waals surface area (Å²) >= 11 is 0. The number of nitrogens with one attached hydrogen (secondary N) is 1. The van der Waals surface area contributed by atoms with Crippen molar-refractivity contribution in [2.45, 2.75) is 58.7 Å². The van der Waals surface area contributed by atoms with E-state index in [1.807, 2.05) is 0 Å². The van der Waals surface area contributed by atoms with Crippen LogP contribution >= 0.6 is 0 Å². The smallest absolute Gasteiger partial charge is 0.0221 e. The molecule has 0 aromatic carbocycles. The number of hydrogen-bond acceptors (Lipinski definition) is 2. The maximum absolute atomic E-state index is 3.35. The Hall–Kier alpha value is -0.0800. The average Bonchev–Trinajstić information content (AvgIpc) is 2.15. The fourth-order valence-corrected chi connectivity index (χ4v) is 2.56. The molecule has 0 spiro atoms. The molecular weight excluding hydrogens is 172 g/mol. The standard InChI is InChI=1S/C12H26N2/c1-9-6-7-14(10(2)8-9)12(4)11(3)13-5/h9-13H,6-8H2,1-5H3. The van der Waals surface area contributed by atoms with Gasteiger partial charge in [-0.1, -0.05) is 6.92 Å². The summed E-state index contributed by atoms with van der Waals surface area (Å²) in [5.74, 6) is 0.915. The monoisotopic (exact) mass is 198 g/mol. The van der Waals surface area contributed by atoms with Crippen LogP contribution < -0.4 is 5.32 Å². The Labute approximate surface area is 89.1 Å². The van der Waals surface area contributed by atoms with Gasteiger partial charge in [0.25, 0.3) is 0 Å². The Morgan fingerprint density at radius 1 is 1.29 bits per heavy atom. The number of likely N-dealkylation sites (N-methyl/N-ethyl adjacent to an activating group) is 1. The van der Waals surface area contributed by atoms with Gasteiger partial charge in [0.1, 0.15) is 0 Å². The van der Waals surface area contributed by atoms with Crippen molar-refractivity contribution in [2.24, 2.45) is 5.92 Å². The topological polar surface area (TPSA) is 15.3 Å². The van der Waals surface area contributed by atoms with E-state index < -0.39 is 0 Å². The van der Waals surface area contributed by atoms with Crippen LogP contribution in [0.4, 0.5) is 0 Å². The van der Waals surface area contributed by atoms with Crippen molar-refractivity contribution in [3.8, 4) is 0 Å². The van der Waals surface area contributed by atoms with Gasteiger partial charge >= 0.3 is 0 Å². The van der Waals surface area contributed by atoms with Crippen molar-refractivity contribution < 1.29 is 0 Å². The molecule has 0 bridgehead atoms. The van der Waals surface area contributed by atoms with Crippen LogP contribution in [0.15, 0.2) is 0 Å². The highest BCUT2D eigenvalue weighted by molar-refractivity contribution is 4.84. The van der Waals surface area contributed by atoms with Crippen molar-refractivity contribution in [2.75, 3.05) is 13.6 Å². The van der Waals surface area contributed by atoms with E-state index in [2.05, 4.69) is 45.0 Å². The van der Waals surface area contributed by atoms with Crippen LogP contribution in [-0.4, -0.2) is 36.6 Å². The summed E-state index contributed by atoms with van der Waals surface area (Å²) in [6.07, 6.45) is 2.73. The van der Waals surface area contributed by atoms with Gasteiger partial charge in [-0.3, -0.25) is 4.90 Å². The highest BCUT2D eigenvalue weighted by Crippen LogP contribution is 2.24. The average molecular weight is 198 g/mol. The van der Waals surface area contributed by atoms with E-state index in [4.69, 9.17) is 0 Å². The Morgan fingerprint density at radius 2 is 1.93 bits per heavy atom. The van der Waals surface area contributed by atoms with E-state index in [1.165, 1.54) is 19.4 Å². The second-order valence-electron chi connectivity index (χ2n) is 5.03. The van der Waals surface area contributed by atoms with Crippen LogP contribution in [0.2, 0.25) is 0 Å². The van der Waals surface area contributed by atoms with Gasteiger partial charge in [0.15, 0.2) is 0 Å². The van der Waals surface area contributed by atoms with E-state index in [0.717, 1.165) is 12.0 Å². The van der Waals surface area contributed by atoms with Gasteiger partial charge in [-0.15, -0.1) is 0 Å². The maximum Gasteiger partial charge on any atom is 0.0221 e. The molecule has 0 radical (unpaired) electrons. The van der Waals surface area contributed by atoms with Crippen molar-refractivity contribution >= 4 is 0 Å². The van der Waals surface area contributed by atoms with Gasteiger partial charge in [0.2, 0.25) is 0 Å². The normalized spacial score (nSPS) is 34.1. The number of hydrogen-bond donors (Lipinski definition) is 1. The highest BCUT2D eigenvalue weighted by atomic mass is 15.2. The minimum absolute atomic E-state index is 0.589.